The molecule has 0 aliphatic carbocycles. The van der Waals surface area contributed by atoms with Crippen molar-refractivity contribution in [1.82, 2.24) is 0 Å². The predicted octanol–water partition coefficient (Wildman–Crippen LogP) is 4.09. The van der Waals surface area contributed by atoms with Crippen molar-refractivity contribution in [2.24, 2.45) is 0 Å². The normalized spacial score (nSPS) is 10.2. The van der Waals surface area contributed by atoms with Crippen molar-refractivity contribution in [2.75, 3.05) is 17.2 Å². The fourth-order valence-corrected chi connectivity index (χ4v) is 2.14. The zero-order valence-electron chi connectivity index (χ0n) is 11.6. The summed E-state index contributed by atoms with van der Waals surface area (Å²) in [4.78, 5) is 11.9. The van der Waals surface area contributed by atoms with E-state index in [2.05, 4.69) is 17.6 Å². The Morgan fingerprint density at radius 2 is 2.00 bits per heavy atom. The van der Waals surface area contributed by atoms with Crippen molar-refractivity contribution >= 4 is 28.9 Å². The summed E-state index contributed by atoms with van der Waals surface area (Å²) in [7, 11) is 0. The average Bonchev–Trinajstić information content (AvgIpc) is 2.49. The van der Waals surface area contributed by atoms with E-state index in [1.54, 1.807) is 0 Å². The maximum atomic E-state index is 13.0. The first-order chi connectivity index (χ1) is 10.1. The van der Waals surface area contributed by atoms with Crippen molar-refractivity contribution in [1.29, 1.82) is 0 Å². The molecule has 0 saturated carbocycles. The minimum absolute atomic E-state index is 0.0166. The van der Waals surface area contributed by atoms with Gasteiger partial charge in [-0.15, -0.1) is 0 Å². The van der Waals surface area contributed by atoms with Crippen LogP contribution in [-0.4, -0.2) is 12.5 Å². The summed E-state index contributed by atoms with van der Waals surface area (Å²) < 4.78 is 13.0. The highest BCUT2D eigenvalue weighted by molar-refractivity contribution is 6.31. The second kappa shape index (κ2) is 7.09. The van der Waals surface area contributed by atoms with E-state index in [-0.39, 0.29) is 17.5 Å². The highest BCUT2D eigenvalue weighted by atomic mass is 35.5. The molecule has 0 fully saturated rings. The Hall–Kier alpha value is -2.07. The molecular weight excluding hydrogens is 291 g/mol. The molecule has 3 nitrogen and oxygen atoms in total. The van der Waals surface area contributed by atoms with Crippen LogP contribution in [0, 0.1) is 5.82 Å². The molecule has 0 radical (unpaired) electrons. The molecule has 0 aromatic heterocycles. The van der Waals surface area contributed by atoms with Gasteiger partial charge < -0.3 is 10.6 Å². The number of anilines is 2. The van der Waals surface area contributed by atoms with E-state index in [4.69, 9.17) is 11.6 Å². The first-order valence-corrected chi connectivity index (χ1v) is 7.04. The van der Waals surface area contributed by atoms with Crippen molar-refractivity contribution in [3.05, 3.63) is 58.9 Å². The van der Waals surface area contributed by atoms with Crippen molar-refractivity contribution in [2.45, 2.75) is 13.3 Å². The molecule has 21 heavy (non-hydrogen) atoms. The molecule has 2 N–H and O–H groups in total. The third-order valence-corrected chi connectivity index (χ3v) is 3.33. The number of hydrogen-bond donors (Lipinski definition) is 2. The van der Waals surface area contributed by atoms with Crippen LogP contribution >= 0.6 is 11.6 Å². The predicted molar refractivity (Wildman–Crippen MR) is 84.3 cm³/mol. The highest BCUT2D eigenvalue weighted by Crippen LogP contribution is 2.19. The van der Waals surface area contributed by atoms with Crippen LogP contribution in [0.4, 0.5) is 15.8 Å². The lowest BCUT2D eigenvalue weighted by molar-refractivity contribution is -0.114. The van der Waals surface area contributed by atoms with Gasteiger partial charge in [0.25, 0.3) is 0 Å². The van der Waals surface area contributed by atoms with Crippen LogP contribution in [0.15, 0.2) is 42.5 Å². The average molecular weight is 307 g/mol. The Balaban J connectivity index is 1.94. The summed E-state index contributed by atoms with van der Waals surface area (Å²) in [5.41, 5.74) is 2.55. The van der Waals surface area contributed by atoms with Crippen LogP contribution in [0.25, 0.3) is 0 Å². The van der Waals surface area contributed by atoms with Gasteiger partial charge in [-0.05, 0) is 36.2 Å². The van der Waals surface area contributed by atoms with Crippen molar-refractivity contribution in [3.63, 3.8) is 0 Å². The maximum Gasteiger partial charge on any atom is 0.243 e. The molecule has 5 heteroatoms. The molecule has 2 aromatic carbocycles. The lowest BCUT2D eigenvalue weighted by Crippen LogP contribution is -2.22. The molecule has 2 rings (SSSR count). The largest absolute Gasteiger partial charge is 0.376 e. The Labute approximate surface area is 128 Å². The third-order valence-electron chi connectivity index (χ3n) is 3.04. The number of aryl methyl sites for hydroxylation is 1. The van der Waals surface area contributed by atoms with Gasteiger partial charge in [-0.1, -0.05) is 36.7 Å². The van der Waals surface area contributed by atoms with E-state index >= 15 is 0 Å². The third kappa shape index (κ3) is 4.20. The second-order valence-corrected chi connectivity index (χ2v) is 4.95. The Bertz CT molecular complexity index is 646. The quantitative estimate of drug-likeness (QED) is 0.873. The lowest BCUT2D eigenvalue weighted by atomic mass is 10.1. The number of hydrogen-bond acceptors (Lipinski definition) is 2. The van der Waals surface area contributed by atoms with Gasteiger partial charge in [0.15, 0.2) is 0 Å². The fourth-order valence-electron chi connectivity index (χ4n) is 1.96. The fraction of sp³-hybridized carbons (Fsp3) is 0.188. The zero-order chi connectivity index (χ0) is 15.2. The molecular formula is C16H16ClFN2O. The van der Waals surface area contributed by atoms with Crippen molar-refractivity contribution < 1.29 is 9.18 Å². The van der Waals surface area contributed by atoms with E-state index in [9.17, 15) is 9.18 Å². The lowest BCUT2D eigenvalue weighted by Gasteiger charge is -2.11. The summed E-state index contributed by atoms with van der Waals surface area (Å²) in [5, 5.41) is 5.74. The monoisotopic (exact) mass is 306 g/mol. The Kier molecular flexibility index (Phi) is 5.17. The number of nitrogens with one attached hydrogen (secondary N) is 2. The van der Waals surface area contributed by atoms with Gasteiger partial charge in [-0.3, -0.25) is 4.79 Å². The molecule has 0 saturated heterocycles. The highest BCUT2D eigenvalue weighted by Gasteiger charge is 2.06. The zero-order valence-corrected chi connectivity index (χ0v) is 12.4. The number of carbonyl (C=O) groups excluding carboxylic acids is 1. The van der Waals surface area contributed by atoms with Gasteiger partial charge in [0.1, 0.15) is 5.82 Å². The van der Waals surface area contributed by atoms with Crippen molar-refractivity contribution in [3.8, 4) is 0 Å². The minimum atomic E-state index is -0.510. The van der Waals surface area contributed by atoms with E-state index in [1.807, 2.05) is 24.3 Å². The topological polar surface area (TPSA) is 41.1 Å². The molecule has 0 aliphatic rings. The first-order valence-electron chi connectivity index (χ1n) is 6.67. The van der Waals surface area contributed by atoms with E-state index < -0.39 is 5.82 Å². The summed E-state index contributed by atoms with van der Waals surface area (Å²) >= 11 is 5.67. The molecule has 0 atom stereocenters. The van der Waals surface area contributed by atoms with Crippen LogP contribution in [0.5, 0.6) is 0 Å². The number of carbonyl (C=O) groups is 1. The van der Waals surface area contributed by atoms with Gasteiger partial charge in [0, 0.05) is 11.4 Å². The molecule has 1 amide bonds. The summed E-state index contributed by atoms with van der Waals surface area (Å²) in [5.74, 6) is -0.728. The van der Waals surface area contributed by atoms with E-state index in [0.29, 0.717) is 5.69 Å². The molecule has 0 spiro atoms. The van der Waals surface area contributed by atoms with Gasteiger partial charge >= 0.3 is 0 Å². The minimum Gasteiger partial charge on any atom is -0.376 e. The first kappa shape index (κ1) is 15.3. The number of para-hydroxylation sites is 1. The van der Waals surface area contributed by atoms with E-state index in [1.165, 1.54) is 18.2 Å². The summed E-state index contributed by atoms with van der Waals surface area (Å²) in [6.07, 6.45) is 0.887. The smallest absolute Gasteiger partial charge is 0.243 e. The Morgan fingerprint density at radius 3 is 2.71 bits per heavy atom. The maximum absolute atomic E-state index is 13.0. The molecule has 0 bridgehead atoms. The molecule has 0 aliphatic heterocycles. The molecule has 110 valence electrons. The molecule has 2 aromatic rings. The van der Waals surface area contributed by atoms with E-state index in [0.717, 1.165) is 17.7 Å². The number of benzene rings is 2. The van der Waals surface area contributed by atoms with Gasteiger partial charge in [0.05, 0.1) is 11.6 Å². The number of amides is 1. The van der Waals surface area contributed by atoms with Crippen LogP contribution in [-0.2, 0) is 11.2 Å². The van der Waals surface area contributed by atoms with Crippen LogP contribution in [0.3, 0.4) is 0 Å². The SMILES string of the molecule is CCc1ccccc1NCC(=O)Nc1ccc(F)c(Cl)c1. The van der Waals surface area contributed by atoms with Gasteiger partial charge in [-0.2, -0.15) is 0 Å². The molecule has 0 unspecified atom stereocenters. The number of rotatable bonds is 5. The summed E-state index contributed by atoms with van der Waals surface area (Å²) in [6, 6.07) is 11.9. The number of halogens is 2. The van der Waals surface area contributed by atoms with Gasteiger partial charge in [0.2, 0.25) is 5.91 Å². The second-order valence-electron chi connectivity index (χ2n) is 4.54. The van der Waals surface area contributed by atoms with Crippen LogP contribution < -0.4 is 10.6 Å². The van der Waals surface area contributed by atoms with Gasteiger partial charge in [-0.25, -0.2) is 4.39 Å². The summed E-state index contributed by atoms with van der Waals surface area (Å²) in [6.45, 7) is 2.19. The standard InChI is InChI=1S/C16H16ClFN2O/c1-2-11-5-3-4-6-15(11)19-10-16(21)20-12-7-8-14(18)13(17)9-12/h3-9,19H,2,10H2,1H3,(H,20,21). The van der Waals surface area contributed by atoms with Crippen LogP contribution in [0.1, 0.15) is 12.5 Å². The Morgan fingerprint density at radius 1 is 1.24 bits per heavy atom. The van der Waals surface area contributed by atoms with Crippen LogP contribution in [0.2, 0.25) is 5.02 Å². The molecule has 0 heterocycles.